The topological polar surface area (TPSA) is 33.1 Å². The third kappa shape index (κ3) is 3.50. The quantitative estimate of drug-likeness (QED) is 0.770. The molecule has 0 aliphatic heterocycles. The van der Waals surface area contributed by atoms with Crippen LogP contribution in [0.3, 0.4) is 0 Å². The van der Waals surface area contributed by atoms with Gasteiger partial charge in [0.05, 0.1) is 5.69 Å². The van der Waals surface area contributed by atoms with Gasteiger partial charge in [0.2, 0.25) is 0 Å². The SMILES string of the molecule is CCCNCc1c(C)nn(C)c1N(C)C(C)(C)CC. The average Bonchev–Trinajstić information content (AvgIpc) is 2.63. The minimum atomic E-state index is 0.139. The van der Waals surface area contributed by atoms with Gasteiger partial charge in [-0.05, 0) is 40.2 Å². The minimum absolute atomic E-state index is 0.139. The lowest BCUT2D eigenvalue weighted by molar-refractivity contribution is 0.458. The van der Waals surface area contributed by atoms with Gasteiger partial charge in [0, 0.05) is 31.7 Å². The van der Waals surface area contributed by atoms with Crippen molar-refractivity contribution in [1.29, 1.82) is 0 Å². The summed E-state index contributed by atoms with van der Waals surface area (Å²) in [5.74, 6) is 1.23. The van der Waals surface area contributed by atoms with Gasteiger partial charge in [-0.25, -0.2) is 0 Å². The zero-order valence-corrected chi connectivity index (χ0v) is 13.7. The third-order valence-electron chi connectivity index (χ3n) is 4.13. The number of hydrogen-bond donors (Lipinski definition) is 1. The fourth-order valence-corrected chi connectivity index (χ4v) is 2.23. The molecule has 0 saturated carbocycles. The fraction of sp³-hybridized carbons (Fsp3) is 0.800. The monoisotopic (exact) mass is 266 g/mol. The molecule has 19 heavy (non-hydrogen) atoms. The maximum Gasteiger partial charge on any atom is 0.131 e. The fourth-order valence-electron chi connectivity index (χ4n) is 2.23. The molecule has 0 aromatic carbocycles. The first-order valence-corrected chi connectivity index (χ1v) is 7.32. The molecule has 0 atom stereocenters. The van der Waals surface area contributed by atoms with E-state index in [2.05, 4.69) is 57.0 Å². The van der Waals surface area contributed by atoms with Gasteiger partial charge in [-0.3, -0.25) is 4.68 Å². The molecule has 1 aromatic rings. The zero-order chi connectivity index (χ0) is 14.6. The smallest absolute Gasteiger partial charge is 0.131 e. The largest absolute Gasteiger partial charge is 0.355 e. The highest BCUT2D eigenvalue weighted by molar-refractivity contribution is 5.51. The molecule has 110 valence electrons. The van der Waals surface area contributed by atoms with Crippen LogP contribution < -0.4 is 10.2 Å². The lowest BCUT2D eigenvalue weighted by Crippen LogP contribution is -2.42. The van der Waals surface area contributed by atoms with E-state index in [1.165, 1.54) is 11.4 Å². The van der Waals surface area contributed by atoms with Crippen molar-refractivity contribution in [2.45, 2.75) is 59.5 Å². The summed E-state index contributed by atoms with van der Waals surface area (Å²) in [7, 11) is 4.21. The number of hydrogen-bond acceptors (Lipinski definition) is 3. The average molecular weight is 266 g/mol. The van der Waals surface area contributed by atoms with E-state index in [4.69, 9.17) is 0 Å². The number of nitrogens with one attached hydrogen (secondary N) is 1. The van der Waals surface area contributed by atoms with Crippen LogP contribution in [0.25, 0.3) is 0 Å². The van der Waals surface area contributed by atoms with Crippen molar-refractivity contribution in [2.24, 2.45) is 7.05 Å². The molecule has 0 bridgehead atoms. The normalized spacial score (nSPS) is 11.9. The highest BCUT2D eigenvalue weighted by Crippen LogP contribution is 2.29. The Balaban J connectivity index is 3.05. The predicted octanol–water partition coefficient (Wildman–Crippen LogP) is 2.85. The molecule has 1 heterocycles. The molecule has 0 aliphatic rings. The van der Waals surface area contributed by atoms with Gasteiger partial charge in [0.1, 0.15) is 5.82 Å². The van der Waals surface area contributed by atoms with E-state index < -0.39 is 0 Å². The van der Waals surface area contributed by atoms with Gasteiger partial charge >= 0.3 is 0 Å². The first-order chi connectivity index (χ1) is 8.85. The Morgan fingerprint density at radius 1 is 1.32 bits per heavy atom. The number of aryl methyl sites for hydroxylation is 2. The van der Waals surface area contributed by atoms with E-state index in [1.807, 2.05) is 11.7 Å². The number of aromatic nitrogens is 2. The van der Waals surface area contributed by atoms with E-state index in [9.17, 15) is 0 Å². The van der Waals surface area contributed by atoms with Gasteiger partial charge < -0.3 is 10.2 Å². The Kier molecular flexibility index (Phi) is 5.41. The Morgan fingerprint density at radius 2 is 1.95 bits per heavy atom. The summed E-state index contributed by atoms with van der Waals surface area (Å²) in [5.41, 5.74) is 2.58. The van der Waals surface area contributed by atoms with Gasteiger partial charge in [-0.2, -0.15) is 5.10 Å². The van der Waals surface area contributed by atoms with Crippen molar-refractivity contribution < 1.29 is 0 Å². The molecule has 0 saturated heterocycles. The van der Waals surface area contributed by atoms with Crippen LogP contribution in [0.15, 0.2) is 0 Å². The first kappa shape index (κ1) is 16.0. The molecular formula is C15H30N4. The first-order valence-electron chi connectivity index (χ1n) is 7.32. The maximum absolute atomic E-state index is 4.59. The highest BCUT2D eigenvalue weighted by Gasteiger charge is 2.27. The zero-order valence-electron chi connectivity index (χ0n) is 13.7. The second-order valence-electron chi connectivity index (χ2n) is 5.91. The highest BCUT2D eigenvalue weighted by atomic mass is 15.4. The molecule has 4 nitrogen and oxygen atoms in total. The van der Waals surface area contributed by atoms with Crippen molar-refractivity contribution >= 4 is 5.82 Å². The lowest BCUT2D eigenvalue weighted by Gasteiger charge is -2.37. The maximum atomic E-state index is 4.59. The Labute approximate surface area is 118 Å². The van der Waals surface area contributed by atoms with Crippen LogP contribution in [0, 0.1) is 6.92 Å². The molecule has 0 fully saturated rings. The molecule has 0 radical (unpaired) electrons. The van der Waals surface area contributed by atoms with Crippen LogP contribution in [-0.4, -0.2) is 28.9 Å². The molecule has 4 heteroatoms. The van der Waals surface area contributed by atoms with Gasteiger partial charge in [0.25, 0.3) is 0 Å². The van der Waals surface area contributed by atoms with Crippen LogP contribution >= 0.6 is 0 Å². The molecule has 0 aliphatic carbocycles. The molecule has 1 aromatic heterocycles. The standard InChI is InChI=1S/C15H30N4/c1-8-10-16-11-13-12(3)17-19(7)14(13)18(6)15(4,5)9-2/h16H,8-11H2,1-7H3. The van der Waals surface area contributed by atoms with Crippen molar-refractivity contribution in [3.63, 3.8) is 0 Å². The molecule has 0 amide bonds. The van der Waals surface area contributed by atoms with Crippen LogP contribution in [0.4, 0.5) is 5.82 Å². The van der Waals surface area contributed by atoms with Gasteiger partial charge in [-0.1, -0.05) is 13.8 Å². The predicted molar refractivity (Wildman–Crippen MR) is 82.7 cm³/mol. The second kappa shape index (κ2) is 6.42. The van der Waals surface area contributed by atoms with Gasteiger partial charge in [-0.15, -0.1) is 0 Å². The van der Waals surface area contributed by atoms with E-state index in [0.717, 1.165) is 31.6 Å². The summed E-state index contributed by atoms with van der Waals surface area (Å²) >= 11 is 0. The third-order valence-corrected chi connectivity index (χ3v) is 4.13. The van der Waals surface area contributed by atoms with Gasteiger partial charge in [0.15, 0.2) is 0 Å². The Bertz CT molecular complexity index is 407. The number of nitrogens with zero attached hydrogens (tertiary/aromatic N) is 3. The van der Waals surface area contributed by atoms with E-state index in [-0.39, 0.29) is 5.54 Å². The van der Waals surface area contributed by atoms with Crippen molar-refractivity contribution in [1.82, 2.24) is 15.1 Å². The number of anilines is 1. The van der Waals surface area contributed by atoms with E-state index in [0.29, 0.717) is 0 Å². The molecule has 0 unspecified atom stereocenters. The summed E-state index contributed by atoms with van der Waals surface area (Å²) in [5, 5.41) is 8.08. The summed E-state index contributed by atoms with van der Waals surface area (Å²) in [6, 6.07) is 0. The van der Waals surface area contributed by atoms with Crippen LogP contribution in [0.2, 0.25) is 0 Å². The van der Waals surface area contributed by atoms with Crippen LogP contribution in [0.1, 0.15) is 51.8 Å². The summed E-state index contributed by atoms with van der Waals surface area (Å²) < 4.78 is 2.01. The van der Waals surface area contributed by atoms with E-state index in [1.54, 1.807) is 0 Å². The summed E-state index contributed by atoms with van der Waals surface area (Å²) in [6.07, 6.45) is 2.26. The summed E-state index contributed by atoms with van der Waals surface area (Å²) in [4.78, 5) is 2.36. The van der Waals surface area contributed by atoms with Crippen molar-refractivity contribution in [3.05, 3.63) is 11.3 Å². The Morgan fingerprint density at radius 3 is 2.47 bits per heavy atom. The second-order valence-corrected chi connectivity index (χ2v) is 5.91. The van der Waals surface area contributed by atoms with E-state index >= 15 is 0 Å². The minimum Gasteiger partial charge on any atom is -0.355 e. The molecule has 1 rings (SSSR count). The van der Waals surface area contributed by atoms with Crippen molar-refractivity contribution in [3.8, 4) is 0 Å². The molecule has 0 spiro atoms. The Hall–Kier alpha value is -1.03. The molecular weight excluding hydrogens is 236 g/mol. The lowest BCUT2D eigenvalue weighted by atomic mass is 9.99. The van der Waals surface area contributed by atoms with Crippen molar-refractivity contribution in [2.75, 3.05) is 18.5 Å². The molecule has 1 N–H and O–H groups in total. The number of rotatable bonds is 7. The summed E-state index contributed by atoms with van der Waals surface area (Å²) in [6.45, 7) is 13.0. The van der Waals surface area contributed by atoms with Crippen LogP contribution in [-0.2, 0) is 13.6 Å². The van der Waals surface area contributed by atoms with Crippen LogP contribution in [0.5, 0.6) is 0 Å².